The van der Waals surface area contributed by atoms with Crippen LogP contribution < -0.4 is 5.32 Å². The lowest BCUT2D eigenvalue weighted by molar-refractivity contribution is 0.526. The van der Waals surface area contributed by atoms with E-state index in [-0.39, 0.29) is 0 Å². The molecule has 4 rings (SSSR count). The molecule has 2 heteroatoms. The molecule has 1 fully saturated rings. The Morgan fingerprint density at radius 1 is 1.00 bits per heavy atom. The van der Waals surface area contributed by atoms with Gasteiger partial charge in [-0.05, 0) is 85.3 Å². The maximum atomic E-state index is 6.16. The number of fused-ring (bicyclic) bond motifs is 3. The molecule has 0 aliphatic heterocycles. The Kier molecular flexibility index (Phi) is 4.41. The molecule has 2 aliphatic carbocycles. The van der Waals surface area contributed by atoms with Crippen LogP contribution in [0.25, 0.3) is 0 Å². The predicted molar refractivity (Wildman–Crippen MR) is 97.3 cm³/mol. The summed E-state index contributed by atoms with van der Waals surface area (Å²) in [6.45, 7) is 2.20. The molecule has 120 valence electrons. The first kappa shape index (κ1) is 15.2. The zero-order valence-corrected chi connectivity index (χ0v) is 14.2. The molecule has 0 radical (unpaired) electrons. The highest BCUT2D eigenvalue weighted by Crippen LogP contribution is 2.64. The molecule has 0 bridgehead atoms. The molecule has 1 N–H and O–H groups in total. The van der Waals surface area contributed by atoms with Crippen LogP contribution in [-0.2, 0) is 6.42 Å². The summed E-state index contributed by atoms with van der Waals surface area (Å²) in [6.07, 6.45) is 5.09. The molecule has 0 aromatic heterocycles. The van der Waals surface area contributed by atoms with Crippen LogP contribution in [0.2, 0.25) is 5.02 Å². The van der Waals surface area contributed by atoms with Crippen LogP contribution in [0, 0.1) is 5.92 Å². The number of nitrogens with one attached hydrogen (secondary N) is 1. The predicted octanol–water partition coefficient (Wildman–Crippen LogP) is 5.15. The van der Waals surface area contributed by atoms with E-state index in [9.17, 15) is 0 Å². The fourth-order valence-corrected chi connectivity index (χ4v) is 4.45. The van der Waals surface area contributed by atoms with Crippen molar-refractivity contribution in [2.45, 2.75) is 37.5 Å². The van der Waals surface area contributed by atoms with Crippen molar-refractivity contribution in [1.82, 2.24) is 5.32 Å². The Balaban J connectivity index is 1.21. The maximum absolute atomic E-state index is 6.16. The van der Waals surface area contributed by atoms with Crippen LogP contribution in [0.15, 0.2) is 48.5 Å². The highest BCUT2D eigenvalue weighted by atomic mass is 35.5. The van der Waals surface area contributed by atoms with Crippen molar-refractivity contribution in [3.8, 4) is 0 Å². The number of hydrogen-bond acceptors (Lipinski definition) is 1. The Bertz CT molecular complexity index is 667. The van der Waals surface area contributed by atoms with Crippen LogP contribution in [0.4, 0.5) is 0 Å². The van der Waals surface area contributed by atoms with E-state index < -0.39 is 0 Å². The fourth-order valence-electron chi connectivity index (χ4n) is 4.27. The summed E-state index contributed by atoms with van der Waals surface area (Å²) in [7, 11) is 0. The van der Waals surface area contributed by atoms with Gasteiger partial charge in [0.25, 0.3) is 0 Å². The van der Waals surface area contributed by atoms with Crippen LogP contribution in [0.3, 0.4) is 0 Å². The summed E-state index contributed by atoms with van der Waals surface area (Å²) in [4.78, 5) is 0. The summed E-state index contributed by atoms with van der Waals surface area (Å²) in [6, 6.07) is 17.3. The topological polar surface area (TPSA) is 12.0 Å². The van der Waals surface area contributed by atoms with E-state index in [1.165, 1.54) is 24.8 Å². The minimum atomic E-state index is 0.781. The highest BCUT2D eigenvalue weighted by Gasteiger charge is 2.51. The van der Waals surface area contributed by atoms with Gasteiger partial charge in [0.1, 0.15) is 0 Å². The van der Waals surface area contributed by atoms with Crippen molar-refractivity contribution in [1.29, 1.82) is 0 Å². The smallest absolute Gasteiger partial charge is 0.0409 e. The second-order valence-electron chi connectivity index (χ2n) is 7.01. The number of rotatable bonds is 7. The number of hydrogen-bond donors (Lipinski definition) is 1. The van der Waals surface area contributed by atoms with E-state index in [0.29, 0.717) is 0 Å². The normalized spacial score (nSPS) is 24.3. The third kappa shape index (κ3) is 3.32. The quantitative estimate of drug-likeness (QED) is 0.694. The van der Waals surface area contributed by atoms with Gasteiger partial charge in [0.05, 0.1) is 0 Å². The first-order chi connectivity index (χ1) is 11.3. The molecule has 0 spiro atoms. The molecule has 0 heterocycles. The van der Waals surface area contributed by atoms with Crippen molar-refractivity contribution in [2.24, 2.45) is 5.92 Å². The molecule has 1 nitrogen and oxygen atoms in total. The van der Waals surface area contributed by atoms with Crippen molar-refractivity contribution in [3.05, 3.63) is 70.2 Å². The third-order valence-corrected chi connectivity index (χ3v) is 5.74. The summed E-state index contributed by atoms with van der Waals surface area (Å²) in [5.41, 5.74) is 4.55. The van der Waals surface area contributed by atoms with Gasteiger partial charge in [-0.25, -0.2) is 0 Å². The number of benzene rings is 2. The molecule has 0 saturated heterocycles. The second kappa shape index (κ2) is 6.67. The Morgan fingerprint density at radius 2 is 1.87 bits per heavy atom. The lowest BCUT2D eigenvalue weighted by atomic mass is 9.92. The molecule has 0 amide bonds. The van der Waals surface area contributed by atoms with E-state index in [1.807, 2.05) is 0 Å². The summed E-state index contributed by atoms with van der Waals surface area (Å²) < 4.78 is 0. The van der Waals surface area contributed by atoms with Gasteiger partial charge in [0.15, 0.2) is 0 Å². The van der Waals surface area contributed by atoms with Gasteiger partial charge in [-0.3, -0.25) is 0 Å². The first-order valence-electron chi connectivity index (χ1n) is 8.87. The SMILES string of the molecule is Clc1ccc2c(c1)C1C[C@H]1C2CCCNCCc1ccccc1. The van der Waals surface area contributed by atoms with Gasteiger partial charge in [-0.2, -0.15) is 0 Å². The third-order valence-electron chi connectivity index (χ3n) is 5.51. The largest absolute Gasteiger partial charge is 0.316 e. The zero-order valence-electron chi connectivity index (χ0n) is 13.5. The van der Waals surface area contributed by atoms with Crippen LogP contribution in [0.1, 0.15) is 47.8 Å². The van der Waals surface area contributed by atoms with Crippen molar-refractivity contribution in [3.63, 3.8) is 0 Å². The first-order valence-corrected chi connectivity index (χ1v) is 9.25. The molecule has 1 saturated carbocycles. The van der Waals surface area contributed by atoms with E-state index >= 15 is 0 Å². The molecule has 3 atom stereocenters. The second-order valence-corrected chi connectivity index (χ2v) is 7.45. The minimum Gasteiger partial charge on any atom is -0.316 e. The minimum absolute atomic E-state index is 0.781. The lowest BCUT2D eigenvalue weighted by Gasteiger charge is -2.15. The summed E-state index contributed by atoms with van der Waals surface area (Å²) in [5, 5.41) is 4.50. The van der Waals surface area contributed by atoms with Gasteiger partial charge in [0, 0.05) is 5.02 Å². The molecule has 2 aromatic carbocycles. The van der Waals surface area contributed by atoms with Gasteiger partial charge in [-0.1, -0.05) is 48.0 Å². The Hall–Kier alpha value is -1.31. The number of halogens is 1. The van der Waals surface area contributed by atoms with Crippen molar-refractivity contribution >= 4 is 11.6 Å². The lowest BCUT2D eigenvalue weighted by Crippen LogP contribution is -2.19. The fraction of sp³-hybridized carbons (Fsp3) is 0.429. The Morgan fingerprint density at radius 3 is 2.74 bits per heavy atom. The van der Waals surface area contributed by atoms with E-state index in [1.54, 1.807) is 11.1 Å². The van der Waals surface area contributed by atoms with E-state index in [0.717, 1.165) is 42.3 Å². The average Bonchev–Trinajstić information content (AvgIpc) is 3.31. The summed E-state index contributed by atoms with van der Waals surface area (Å²) >= 11 is 6.16. The van der Waals surface area contributed by atoms with Crippen LogP contribution in [-0.4, -0.2) is 13.1 Å². The van der Waals surface area contributed by atoms with E-state index in [2.05, 4.69) is 53.8 Å². The molecular formula is C21H24ClN. The van der Waals surface area contributed by atoms with Crippen molar-refractivity contribution in [2.75, 3.05) is 13.1 Å². The maximum Gasteiger partial charge on any atom is 0.0409 e. The summed E-state index contributed by atoms with van der Waals surface area (Å²) in [5.74, 6) is 2.51. The zero-order chi connectivity index (χ0) is 15.6. The monoisotopic (exact) mass is 325 g/mol. The van der Waals surface area contributed by atoms with Gasteiger partial charge < -0.3 is 5.32 Å². The Labute approximate surface area is 144 Å². The van der Waals surface area contributed by atoms with Crippen LogP contribution >= 0.6 is 11.6 Å². The molecule has 2 aromatic rings. The molecule has 2 unspecified atom stereocenters. The van der Waals surface area contributed by atoms with Gasteiger partial charge in [0.2, 0.25) is 0 Å². The van der Waals surface area contributed by atoms with Crippen molar-refractivity contribution < 1.29 is 0 Å². The van der Waals surface area contributed by atoms with E-state index in [4.69, 9.17) is 11.6 Å². The standard InChI is InChI=1S/C21H24ClN/c22-16-8-9-18-17(20-14-21(20)19(18)13-16)7-4-11-23-12-10-15-5-2-1-3-6-15/h1-3,5-6,8-9,13,17,20-21,23H,4,7,10-12,14H2/t17?,20-,21?/m0/s1. The average molecular weight is 326 g/mol. The molecule has 2 aliphatic rings. The van der Waals surface area contributed by atoms with Gasteiger partial charge >= 0.3 is 0 Å². The molecule has 23 heavy (non-hydrogen) atoms. The highest BCUT2D eigenvalue weighted by molar-refractivity contribution is 6.30. The van der Waals surface area contributed by atoms with Crippen LogP contribution in [0.5, 0.6) is 0 Å². The van der Waals surface area contributed by atoms with Gasteiger partial charge in [-0.15, -0.1) is 0 Å². The molecular weight excluding hydrogens is 302 g/mol.